The first-order chi connectivity index (χ1) is 13.9. The van der Waals surface area contributed by atoms with E-state index in [9.17, 15) is 18.4 Å². The normalized spacial score (nSPS) is 20.2. The van der Waals surface area contributed by atoms with E-state index in [2.05, 4.69) is 16.4 Å². The summed E-state index contributed by atoms with van der Waals surface area (Å²) in [5.74, 6) is -2.49. The third-order valence-corrected chi connectivity index (χ3v) is 5.94. The van der Waals surface area contributed by atoms with Gasteiger partial charge in [-0.15, -0.1) is 11.8 Å². The van der Waals surface area contributed by atoms with Crippen molar-refractivity contribution < 1.29 is 18.4 Å². The minimum Gasteiger partial charge on any atom is -0.359 e. The van der Waals surface area contributed by atoms with E-state index >= 15 is 0 Å². The molecule has 0 radical (unpaired) electrons. The summed E-state index contributed by atoms with van der Waals surface area (Å²) in [6, 6.07) is 8.17. The topological polar surface area (TPSA) is 89.3 Å². The first-order valence-electron chi connectivity index (χ1n) is 8.94. The second-order valence-corrected chi connectivity index (χ2v) is 7.96. The first-order valence-corrected chi connectivity index (χ1v) is 10.1. The maximum Gasteiger partial charge on any atom is 0.282 e. The van der Waals surface area contributed by atoms with Gasteiger partial charge in [0.25, 0.3) is 11.8 Å². The van der Waals surface area contributed by atoms with Gasteiger partial charge in [0.2, 0.25) is 5.91 Å². The Hall–Kier alpha value is -2.93. The number of carbonyl (C=O) groups is 2. The molecule has 10 heteroatoms. The van der Waals surface area contributed by atoms with Crippen molar-refractivity contribution in [2.24, 2.45) is 0 Å². The molecule has 0 unspecified atom stereocenters. The Morgan fingerprint density at radius 2 is 2.14 bits per heavy atom. The van der Waals surface area contributed by atoms with E-state index in [1.54, 1.807) is 18.2 Å². The van der Waals surface area contributed by atoms with Crippen LogP contribution in [-0.4, -0.2) is 64.9 Å². The fourth-order valence-corrected chi connectivity index (χ4v) is 4.48. The molecule has 2 fully saturated rings. The van der Waals surface area contributed by atoms with Crippen molar-refractivity contribution in [3.63, 3.8) is 0 Å². The molecule has 3 heterocycles. The first kappa shape index (κ1) is 19.4. The van der Waals surface area contributed by atoms with Crippen molar-refractivity contribution >= 4 is 40.2 Å². The number of hydrogen-bond acceptors (Lipinski definition) is 6. The van der Waals surface area contributed by atoms with Gasteiger partial charge in [-0.25, -0.2) is 8.78 Å². The molecule has 0 spiro atoms. The average Bonchev–Trinajstić information content (AvgIpc) is 3.18. The summed E-state index contributed by atoms with van der Waals surface area (Å²) in [5, 5.41) is 12.2. The van der Waals surface area contributed by atoms with Crippen LogP contribution < -0.4 is 10.2 Å². The van der Waals surface area contributed by atoms with Crippen molar-refractivity contribution in [2.75, 3.05) is 36.2 Å². The number of nitrogens with zero attached hydrogens (tertiary/aromatic N) is 4. The van der Waals surface area contributed by atoms with Gasteiger partial charge >= 0.3 is 0 Å². The van der Waals surface area contributed by atoms with E-state index in [0.29, 0.717) is 33.8 Å². The number of nitriles is 1. The van der Waals surface area contributed by atoms with Crippen molar-refractivity contribution in [3.8, 4) is 6.07 Å². The van der Waals surface area contributed by atoms with Gasteiger partial charge in [0.1, 0.15) is 6.04 Å². The van der Waals surface area contributed by atoms with Crippen LogP contribution in [0, 0.1) is 11.3 Å². The lowest BCUT2D eigenvalue weighted by Crippen LogP contribution is -2.56. The van der Waals surface area contributed by atoms with E-state index in [-0.39, 0.29) is 25.5 Å². The predicted molar refractivity (Wildman–Crippen MR) is 105 cm³/mol. The molecule has 1 aromatic heterocycles. The number of hydrogen-bond donors (Lipinski definition) is 1. The highest BCUT2D eigenvalue weighted by molar-refractivity contribution is 7.99. The minimum absolute atomic E-state index is 0.223. The van der Waals surface area contributed by atoms with Crippen LogP contribution in [0.15, 0.2) is 30.5 Å². The summed E-state index contributed by atoms with van der Waals surface area (Å²) >= 11 is 1.49. The molecule has 150 valence electrons. The van der Waals surface area contributed by atoms with Gasteiger partial charge in [-0.3, -0.25) is 14.6 Å². The second kappa shape index (κ2) is 7.48. The summed E-state index contributed by atoms with van der Waals surface area (Å²) in [7, 11) is 0. The van der Waals surface area contributed by atoms with Gasteiger partial charge < -0.3 is 15.1 Å². The molecule has 2 amide bonds. The van der Waals surface area contributed by atoms with Crippen LogP contribution in [0.1, 0.15) is 10.4 Å². The summed E-state index contributed by atoms with van der Waals surface area (Å²) in [6.45, 7) is -0.940. The van der Waals surface area contributed by atoms with E-state index in [1.807, 2.05) is 0 Å². The monoisotopic (exact) mass is 417 g/mol. The molecular weight excluding hydrogens is 400 g/mol. The lowest BCUT2D eigenvalue weighted by molar-refractivity contribution is -0.129. The zero-order chi connectivity index (χ0) is 20.6. The molecule has 2 aromatic rings. The van der Waals surface area contributed by atoms with Crippen LogP contribution >= 0.6 is 11.8 Å². The Morgan fingerprint density at radius 1 is 1.34 bits per heavy atom. The highest BCUT2D eigenvalue weighted by Crippen LogP contribution is 2.33. The van der Waals surface area contributed by atoms with Gasteiger partial charge in [-0.2, -0.15) is 5.26 Å². The number of thioether (sulfide) groups is 1. The average molecular weight is 417 g/mol. The molecule has 0 aliphatic carbocycles. The fourth-order valence-electron chi connectivity index (χ4n) is 3.37. The zero-order valence-corrected chi connectivity index (χ0v) is 16.1. The highest BCUT2D eigenvalue weighted by atomic mass is 32.2. The number of halogens is 2. The molecule has 29 heavy (non-hydrogen) atoms. The Kier molecular flexibility index (Phi) is 5.00. The molecule has 2 aliphatic rings. The van der Waals surface area contributed by atoms with Gasteiger partial charge in [-0.05, 0) is 24.3 Å². The Labute approximate surface area is 169 Å². The lowest BCUT2D eigenvalue weighted by Gasteiger charge is -2.40. The zero-order valence-electron chi connectivity index (χ0n) is 15.3. The van der Waals surface area contributed by atoms with Crippen LogP contribution in [0.25, 0.3) is 10.9 Å². The molecule has 1 N–H and O–H groups in total. The van der Waals surface area contributed by atoms with E-state index in [0.717, 1.165) is 0 Å². The van der Waals surface area contributed by atoms with E-state index in [1.165, 1.54) is 33.8 Å². The van der Waals surface area contributed by atoms with Crippen molar-refractivity contribution in [2.45, 2.75) is 12.0 Å². The van der Waals surface area contributed by atoms with E-state index in [4.69, 9.17) is 5.26 Å². The Balaban J connectivity index is 1.50. The van der Waals surface area contributed by atoms with Gasteiger partial charge in [0.05, 0.1) is 42.7 Å². The van der Waals surface area contributed by atoms with Crippen LogP contribution in [0.4, 0.5) is 14.5 Å². The standard InChI is InChI=1S/C19H17F2N5O2S/c20-19(21)9-25(10-19)12-1-2-16-15(5-12)14(3-4-23-16)18(28)24-7-17(27)26-11-29-8-13(26)6-22/h1-5,13H,7-11H2,(H,24,28)/t13-/m1/s1. The second-order valence-electron chi connectivity index (χ2n) is 6.96. The number of aromatic nitrogens is 1. The summed E-state index contributed by atoms with van der Waals surface area (Å²) in [6.07, 6.45) is 1.49. The van der Waals surface area contributed by atoms with Crippen LogP contribution in [0.5, 0.6) is 0 Å². The van der Waals surface area contributed by atoms with Crippen LogP contribution in [0.3, 0.4) is 0 Å². The van der Waals surface area contributed by atoms with Crippen LogP contribution in [-0.2, 0) is 4.79 Å². The largest absolute Gasteiger partial charge is 0.359 e. The molecule has 1 aromatic carbocycles. The maximum atomic E-state index is 13.2. The van der Waals surface area contributed by atoms with Crippen molar-refractivity contribution in [1.29, 1.82) is 5.26 Å². The van der Waals surface area contributed by atoms with Crippen molar-refractivity contribution in [3.05, 3.63) is 36.0 Å². The number of fused-ring (bicyclic) bond motifs is 1. The third-order valence-electron chi connectivity index (χ3n) is 4.93. The third kappa shape index (κ3) is 3.82. The van der Waals surface area contributed by atoms with Gasteiger partial charge in [0.15, 0.2) is 0 Å². The summed E-state index contributed by atoms with van der Waals surface area (Å²) in [5.41, 5.74) is 1.46. The lowest BCUT2D eigenvalue weighted by atomic mass is 10.0. The Morgan fingerprint density at radius 3 is 2.86 bits per heavy atom. The number of carbonyl (C=O) groups excluding carboxylic acids is 2. The number of anilines is 1. The van der Waals surface area contributed by atoms with Crippen LogP contribution in [0.2, 0.25) is 0 Å². The molecule has 4 rings (SSSR count). The molecule has 1 atom stereocenters. The number of benzene rings is 1. The molecule has 2 saturated heterocycles. The molecule has 2 aliphatic heterocycles. The Bertz CT molecular complexity index is 1020. The predicted octanol–water partition coefficient (Wildman–Crippen LogP) is 1.84. The molecule has 0 bridgehead atoms. The van der Waals surface area contributed by atoms with Crippen molar-refractivity contribution in [1.82, 2.24) is 15.2 Å². The smallest absolute Gasteiger partial charge is 0.282 e. The van der Waals surface area contributed by atoms with Gasteiger partial charge in [0, 0.05) is 23.0 Å². The van der Waals surface area contributed by atoms with E-state index < -0.39 is 17.9 Å². The number of nitrogens with one attached hydrogen (secondary N) is 1. The minimum atomic E-state index is -2.69. The van der Waals surface area contributed by atoms with Gasteiger partial charge in [-0.1, -0.05) is 0 Å². The maximum absolute atomic E-state index is 13.2. The number of amides is 2. The number of pyridine rings is 1. The number of alkyl halides is 2. The number of rotatable bonds is 4. The molecule has 0 saturated carbocycles. The fraction of sp³-hybridized carbons (Fsp3) is 0.368. The summed E-state index contributed by atoms with van der Waals surface area (Å²) < 4.78 is 26.4. The molecule has 7 nitrogen and oxygen atoms in total. The quantitative estimate of drug-likeness (QED) is 0.817. The summed E-state index contributed by atoms with van der Waals surface area (Å²) in [4.78, 5) is 32.2. The SMILES string of the molecule is N#C[C@@H]1CSCN1C(=O)CNC(=O)c1ccnc2ccc(N3CC(F)(F)C3)cc12. The molecular formula is C19H17F2N5O2S. The highest BCUT2D eigenvalue weighted by Gasteiger charge is 2.44.